The highest BCUT2D eigenvalue weighted by Gasteiger charge is 2.91. The van der Waals surface area contributed by atoms with Gasteiger partial charge in [-0.2, -0.15) is 0 Å². The van der Waals surface area contributed by atoms with E-state index in [4.69, 9.17) is 28.4 Å². The molecule has 1 saturated carbocycles. The highest BCUT2D eigenvalue weighted by atomic mass is 16.8. The van der Waals surface area contributed by atoms with Crippen molar-refractivity contribution in [1.29, 1.82) is 0 Å². The Bertz CT molecular complexity index is 1180. The lowest BCUT2D eigenvalue weighted by molar-refractivity contribution is -0.197. The number of aliphatic hydroxyl groups is 1. The number of ether oxygens (including phenoxy) is 6. The van der Waals surface area contributed by atoms with Crippen LogP contribution in [0.3, 0.4) is 0 Å². The van der Waals surface area contributed by atoms with Gasteiger partial charge in [-0.15, -0.1) is 0 Å². The number of Topliss-reactive ketones (excluding diaryl/α,β-unsaturated/α-hetero) is 1. The van der Waals surface area contributed by atoms with E-state index in [2.05, 4.69) is 0 Å². The van der Waals surface area contributed by atoms with Crippen LogP contribution in [0.1, 0.15) is 54.9 Å². The Balaban J connectivity index is 1.79. The molecule has 0 aromatic heterocycles. The Labute approximate surface area is 218 Å². The second kappa shape index (κ2) is 8.01. The van der Waals surface area contributed by atoms with Gasteiger partial charge >= 0.3 is 23.9 Å². The topological polar surface area (TPSA) is 168 Å². The summed E-state index contributed by atoms with van der Waals surface area (Å²) in [6.45, 7) is 10.0. The molecule has 0 amide bonds. The largest absolute Gasteiger partial charge is 0.505 e. The summed E-state index contributed by atoms with van der Waals surface area (Å²) in [6, 6.07) is 0. The molecule has 11 unspecified atom stereocenters. The average molecular weight is 537 g/mol. The molecule has 2 aliphatic carbocycles. The first-order valence-electron chi connectivity index (χ1n) is 12.6. The van der Waals surface area contributed by atoms with Crippen LogP contribution < -0.4 is 0 Å². The van der Waals surface area contributed by atoms with Crippen LogP contribution in [0.2, 0.25) is 0 Å². The van der Waals surface area contributed by atoms with Crippen LogP contribution in [0.25, 0.3) is 0 Å². The van der Waals surface area contributed by atoms with Crippen molar-refractivity contribution in [3.05, 3.63) is 11.8 Å². The number of esters is 4. The van der Waals surface area contributed by atoms with Crippen molar-refractivity contribution in [3.8, 4) is 0 Å². The molecule has 5 aliphatic rings. The molecule has 38 heavy (non-hydrogen) atoms. The Kier molecular flexibility index (Phi) is 5.61. The van der Waals surface area contributed by atoms with Gasteiger partial charge in [0.1, 0.15) is 24.4 Å². The molecule has 12 nitrogen and oxygen atoms in total. The Hall–Kier alpha value is -2.99. The highest BCUT2D eigenvalue weighted by Crippen LogP contribution is 2.68. The molecule has 4 fully saturated rings. The molecule has 3 aliphatic heterocycles. The fraction of sp³-hybridized carbons (Fsp3) is 0.731. The zero-order valence-corrected chi connectivity index (χ0v) is 22.3. The van der Waals surface area contributed by atoms with Gasteiger partial charge in [-0.05, 0) is 19.9 Å². The molecule has 3 saturated heterocycles. The molecule has 0 bridgehead atoms. The molecule has 11 atom stereocenters. The van der Waals surface area contributed by atoms with Gasteiger partial charge < -0.3 is 33.5 Å². The molecule has 3 heterocycles. The highest BCUT2D eigenvalue weighted by molar-refractivity contribution is 5.96. The van der Waals surface area contributed by atoms with Crippen molar-refractivity contribution in [2.75, 3.05) is 0 Å². The summed E-state index contributed by atoms with van der Waals surface area (Å²) in [5, 5.41) is 10.7. The van der Waals surface area contributed by atoms with E-state index in [-0.39, 0.29) is 6.42 Å². The van der Waals surface area contributed by atoms with Crippen molar-refractivity contribution in [2.45, 2.75) is 102 Å². The first kappa shape index (κ1) is 26.6. The molecule has 0 aromatic carbocycles. The third-order valence-electron chi connectivity index (χ3n) is 8.92. The molecule has 0 radical (unpaired) electrons. The number of rotatable bonds is 3. The second-order valence-corrected chi connectivity index (χ2v) is 11.6. The van der Waals surface area contributed by atoms with Gasteiger partial charge in [0.25, 0.3) is 0 Å². The number of ketones is 1. The van der Waals surface area contributed by atoms with Gasteiger partial charge in [0.15, 0.2) is 28.8 Å². The summed E-state index contributed by atoms with van der Waals surface area (Å²) in [5.74, 6) is -5.97. The predicted molar refractivity (Wildman–Crippen MR) is 123 cm³/mol. The van der Waals surface area contributed by atoms with Gasteiger partial charge in [-0.3, -0.25) is 19.2 Å². The van der Waals surface area contributed by atoms with E-state index in [0.29, 0.717) is 0 Å². The minimum absolute atomic E-state index is 0.0352. The van der Waals surface area contributed by atoms with Crippen molar-refractivity contribution >= 4 is 29.7 Å². The van der Waals surface area contributed by atoms with E-state index in [9.17, 15) is 29.1 Å². The lowest BCUT2D eigenvalue weighted by Gasteiger charge is -2.51. The van der Waals surface area contributed by atoms with E-state index < -0.39 is 100.0 Å². The summed E-state index contributed by atoms with van der Waals surface area (Å²) in [5.41, 5.74) is -5.48. The van der Waals surface area contributed by atoms with Crippen LogP contribution in [0.4, 0.5) is 0 Å². The zero-order valence-electron chi connectivity index (χ0n) is 22.3. The summed E-state index contributed by atoms with van der Waals surface area (Å²) >= 11 is 0. The van der Waals surface area contributed by atoms with E-state index in [1.807, 2.05) is 0 Å². The van der Waals surface area contributed by atoms with Crippen LogP contribution in [-0.4, -0.2) is 82.1 Å². The van der Waals surface area contributed by atoms with Gasteiger partial charge in [0.2, 0.25) is 0 Å². The van der Waals surface area contributed by atoms with Gasteiger partial charge in [0.05, 0.1) is 5.60 Å². The lowest BCUT2D eigenvalue weighted by atomic mass is 9.56. The summed E-state index contributed by atoms with van der Waals surface area (Å²) < 4.78 is 35.3. The number of fused-ring (bicyclic) bond motifs is 3. The maximum atomic E-state index is 13.2. The average Bonchev–Trinajstić information content (AvgIpc) is 3.62. The molecule has 1 spiro atoms. The second-order valence-electron chi connectivity index (χ2n) is 11.6. The minimum Gasteiger partial charge on any atom is -0.505 e. The van der Waals surface area contributed by atoms with Crippen LogP contribution in [-0.2, 0) is 52.4 Å². The molecular weight excluding hydrogens is 504 g/mol. The smallest absolute Gasteiger partial charge is 0.342 e. The van der Waals surface area contributed by atoms with Crippen LogP contribution in [0.5, 0.6) is 0 Å². The van der Waals surface area contributed by atoms with Gasteiger partial charge in [-0.25, -0.2) is 4.79 Å². The third-order valence-corrected chi connectivity index (χ3v) is 8.92. The number of carbonyl (C=O) groups excluding carboxylic acids is 5. The summed E-state index contributed by atoms with van der Waals surface area (Å²) in [6.07, 6.45) is -4.08. The minimum atomic E-state index is -1.52. The van der Waals surface area contributed by atoms with E-state index in [0.717, 1.165) is 0 Å². The number of allylic oxidation sites excluding steroid dienone is 1. The van der Waals surface area contributed by atoms with Gasteiger partial charge in [0, 0.05) is 44.4 Å². The van der Waals surface area contributed by atoms with Crippen LogP contribution in [0.15, 0.2) is 11.8 Å². The quantitative estimate of drug-likeness (QED) is 0.310. The maximum absolute atomic E-state index is 13.2. The fourth-order valence-corrected chi connectivity index (χ4v) is 7.21. The van der Waals surface area contributed by atoms with Crippen molar-refractivity contribution < 1.29 is 57.5 Å². The fourth-order valence-electron chi connectivity index (χ4n) is 7.21. The normalized spacial score (nSPS) is 48.6. The summed E-state index contributed by atoms with van der Waals surface area (Å²) in [4.78, 5) is 63.3. The zero-order chi connectivity index (χ0) is 28.2. The Morgan fingerprint density at radius 3 is 2.08 bits per heavy atom. The van der Waals surface area contributed by atoms with Crippen LogP contribution >= 0.6 is 0 Å². The van der Waals surface area contributed by atoms with Crippen molar-refractivity contribution in [1.82, 2.24) is 0 Å². The number of epoxide rings is 2. The number of hydrogen-bond acceptors (Lipinski definition) is 12. The molecule has 1 N–H and O–H groups in total. The Morgan fingerprint density at radius 2 is 1.53 bits per heavy atom. The molecule has 208 valence electrons. The van der Waals surface area contributed by atoms with E-state index >= 15 is 0 Å². The molecule has 0 aromatic rings. The molecule has 12 heteroatoms. The monoisotopic (exact) mass is 536 g/mol. The number of carbonyl (C=O) groups is 5. The van der Waals surface area contributed by atoms with E-state index in [1.165, 1.54) is 33.8 Å². The van der Waals surface area contributed by atoms with Crippen molar-refractivity contribution in [3.63, 3.8) is 0 Å². The maximum Gasteiger partial charge on any atom is 0.342 e. The molecular formula is C26H32O12. The van der Waals surface area contributed by atoms with Crippen LogP contribution in [0, 0.1) is 17.3 Å². The third kappa shape index (κ3) is 3.45. The number of hydrogen-bond donors (Lipinski definition) is 1. The summed E-state index contributed by atoms with van der Waals surface area (Å²) in [7, 11) is 0. The first-order chi connectivity index (χ1) is 17.5. The standard InChI is InChI=1S/C26H32O12/c1-10-16-19(35-13(4)29)26-21(36-22(32)25(26,7)38-26)20-24(6,37-20)9-15(33-11(2)27)18(34-12(3)28)23(16,5)8-14(30)17(10)31/h8,10,15-16,18-21,30H,9H2,1-7H3. The lowest BCUT2D eigenvalue weighted by Crippen LogP contribution is -2.63. The van der Waals surface area contributed by atoms with Crippen molar-refractivity contribution in [2.24, 2.45) is 17.3 Å². The predicted octanol–water partition coefficient (Wildman–Crippen LogP) is 1.08. The van der Waals surface area contributed by atoms with Gasteiger partial charge in [-0.1, -0.05) is 13.8 Å². The SMILES string of the molecule is CC(=O)OC1CC2(C)OC2C2OC(=O)C3(C)OC23C(OC(C)=O)C2C(C)C(=O)C(O)=CC2(C)C1OC(C)=O. The first-order valence-corrected chi connectivity index (χ1v) is 12.6. The number of aliphatic hydroxyl groups excluding tert-OH is 1. The molecule has 5 rings (SSSR count). The Morgan fingerprint density at radius 1 is 0.947 bits per heavy atom. The van der Waals surface area contributed by atoms with E-state index in [1.54, 1.807) is 20.8 Å².